The van der Waals surface area contributed by atoms with E-state index < -0.39 is 0 Å². The van der Waals surface area contributed by atoms with Gasteiger partial charge in [0.2, 0.25) is 0 Å². The summed E-state index contributed by atoms with van der Waals surface area (Å²) in [6.45, 7) is 0. The van der Waals surface area contributed by atoms with Crippen LogP contribution in [0.15, 0.2) is 164 Å². The van der Waals surface area contributed by atoms with Crippen LogP contribution < -0.4 is 0 Å². The molecule has 0 spiro atoms. The Morgan fingerprint density at radius 1 is 0.333 bits per heavy atom. The van der Waals surface area contributed by atoms with E-state index in [4.69, 9.17) is 24.9 Å². The molecule has 0 fully saturated rings. The number of aromatic nitrogens is 5. The van der Waals surface area contributed by atoms with Crippen molar-refractivity contribution >= 4 is 53.2 Å². The molecule has 0 atom stereocenters. The van der Waals surface area contributed by atoms with E-state index in [9.17, 15) is 0 Å². The van der Waals surface area contributed by atoms with Crippen LogP contribution >= 0.6 is 11.3 Å². The first-order valence-corrected chi connectivity index (χ1v) is 17.7. The summed E-state index contributed by atoms with van der Waals surface area (Å²) >= 11 is 1.74. The van der Waals surface area contributed by atoms with Gasteiger partial charge in [0.15, 0.2) is 23.3 Å². The standard InChI is InChI=1S/C45H27N5S/c1-2-12-30(13-3-1)39-41-40(37-16-8-9-17-38(37)51-41)47-42(46-39)31-20-22-32(23-21-31)43-48-44(35-24-18-28-10-4-6-14-33(28)26-35)50-45(49-43)36-25-19-29-11-5-7-15-34(29)27-36/h1-27H. The van der Waals surface area contributed by atoms with Gasteiger partial charge in [0.05, 0.1) is 15.9 Å². The van der Waals surface area contributed by atoms with Crippen molar-refractivity contribution in [1.82, 2.24) is 24.9 Å². The highest BCUT2D eigenvalue weighted by Gasteiger charge is 2.18. The quantitative estimate of drug-likeness (QED) is 0.182. The van der Waals surface area contributed by atoms with E-state index in [0.29, 0.717) is 23.3 Å². The van der Waals surface area contributed by atoms with Gasteiger partial charge in [-0.25, -0.2) is 24.9 Å². The summed E-state index contributed by atoms with van der Waals surface area (Å²) in [6, 6.07) is 56.4. The largest absolute Gasteiger partial charge is 0.226 e. The van der Waals surface area contributed by atoms with Crippen LogP contribution in [0.3, 0.4) is 0 Å². The van der Waals surface area contributed by atoms with Crippen molar-refractivity contribution in [1.29, 1.82) is 0 Å². The van der Waals surface area contributed by atoms with Gasteiger partial charge in [-0.05, 0) is 39.7 Å². The summed E-state index contributed by atoms with van der Waals surface area (Å²) in [7, 11) is 0. The molecule has 6 heteroatoms. The zero-order valence-corrected chi connectivity index (χ0v) is 28.0. The monoisotopic (exact) mass is 669 g/mol. The average molecular weight is 670 g/mol. The van der Waals surface area contributed by atoms with Crippen LogP contribution in [-0.2, 0) is 0 Å². The zero-order chi connectivity index (χ0) is 33.7. The van der Waals surface area contributed by atoms with Crippen LogP contribution in [-0.4, -0.2) is 24.9 Å². The summed E-state index contributed by atoms with van der Waals surface area (Å²) < 4.78 is 2.29. The molecule has 51 heavy (non-hydrogen) atoms. The molecule has 3 heterocycles. The summed E-state index contributed by atoms with van der Waals surface area (Å²) in [5.41, 5.74) is 6.67. The lowest BCUT2D eigenvalue weighted by Gasteiger charge is -2.10. The van der Waals surface area contributed by atoms with Gasteiger partial charge < -0.3 is 0 Å². The number of thiophene rings is 1. The van der Waals surface area contributed by atoms with Crippen LogP contribution in [0.2, 0.25) is 0 Å². The van der Waals surface area contributed by atoms with E-state index in [0.717, 1.165) is 59.9 Å². The molecular weight excluding hydrogens is 643 g/mol. The molecule has 5 nitrogen and oxygen atoms in total. The number of fused-ring (bicyclic) bond motifs is 5. The van der Waals surface area contributed by atoms with Crippen LogP contribution in [0.25, 0.3) is 98.7 Å². The molecule has 10 aromatic rings. The maximum atomic E-state index is 5.15. The Kier molecular flexibility index (Phi) is 6.93. The van der Waals surface area contributed by atoms with Crippen LogP contribution in [0.4, 0.5) is 0 Å². The lowest BCUT2D eigenvalue weighted by atomic mass is 10.1. The maximum absolute atomic E-state index is 5.15. The number of benzene rings is 7. The first-order valence-electron chi connectivity index (χ1n) is 16.8. The third-order valence-electron chi connectivity index (χ3n) is 9.32. The van der Waals surface area contributed by atoms with Crippen LogP contribution in [0.1, 0.15) is 0 Å². The van der Waals surface area contributed by atoms with Gasteiger partial charge in [0.25, 0.3) is 0 Å². The molecule has 0 radical (unpaired) electrons. The Hall–Kier alpha value is -6.63. The van der Waals surface area contributed by atoms with Gasteiger partial charge in [-0.1, -0.05) is 146 Å². The first-order chi connectivity index (χ1) is 25.2. The molecule has 0 saturated heterocycles. The minimum Gasteiger partial charge on any atom is -0.226 e. The Labute approximate surface area is 297 Å². The summed E-state index contributed by atoms with van der Waals surface area (Å²) in [5.74, 6) is 2.54. The summed E-state index contributed by atoms with van der Waals surface area (Å²) in [6.07, 6.45) is 0. The third-order valence-corrected chi connectivity index (χ3v) is 10.5. The predicted octanol–water partition coefficient (Wildman–Crippen LogP) is 11.7. The minimum absolute atomic E-state index is 0.605. The first kappa shape index (κ1) is 29.3. The fourth-order valence-corrected chi connectivity index (χ4v) is 7.85. The molecule has 0 N–H and O–H groups in total. The zero-order valence-electron chi connectivity index (χ0n) is 27.2. The van der Waals surface area contributed by atoms with E-state index in [1.165, 1.54) is 15.5 Å². The van der Waals surface area contributed by atoms with Crippen molar-refractivity contribution < 1.29 is 0 Å². The molecule has 10 rings (SSSR count). The fourth-order valence-electron chi connectivity index (χ4n) is 6.70. The fraction of sp³-hybridized carbons (Fsp3) is 0. The van der Waals surface area contributed by atoms with Crippen molar-refractivity contribution in [3.63, 3.8) is 0 Å². The van der Waals surface area contributed by atoms with E-state index in [1.54, 1.807) is 11.3 Å². The second kappa shape index (κ2) is 12.1. The molecule has 7 aromatic carbocycles. The second-order valence-electron chi connectivity index (χ2n) is 12.5. The number of hydrogen-bond donors (Lipinski definition) is 0. The summed E-state index contributed by atoms with van der Waals surface area (Å²) in [4.78, 5) is 25.4. The lowest BCUT2D eigenvalue weighted by Crippen LogP contribution is -2.00. The topological polar surface area (TPSA) is 64.5 Å². The van der Waals surface area contributed by atoms with Crippen molar-refractivity contribution in [2.75, 3.05) is 0 Å². The highest BCUT2D eigenvalue weighted by Crippen LogP contribution is 2.39. The average Bonchev–Trinajstić information content (AvgIpc) is 3.59. The molecule has 0 saturated carbocycles. The van der Waals surface area contributed by atoms with Crippen LogP contribution in [0, 0.1) is 0 Å². The number of hydrogen-bond acceptors (Lipinski definition) is 6. The highest BCUT2D eigenvalue weighted by atomic mass is 32.1. The van der Waals surface area contributed by atoms with E-state index in [1.807, 2.05) is 6.07 Å². The predicted molar refractivity (Wildman–Crippen MR) is 210 cm³/mol. The van der Waals surface area contributed by atoms with Gasteiger partial charge in [-0.2, -0.15) is 0 Å². The van der Waals surface area contributed by atoms with Crippen LogP contribution in [0.5, 0.6) is 0 Å². The Morgan fingerprint density at radius 3 is 1.41 bits per heavy atom. The molecule has 0 aliphatic carbocycles. The smallest absolute Gasteiger partial charge is 0.164 e. The van der Waals surface area contributed by atoms with Gasteiger partial charge in [0.1, 0.15) is 0 Å². The van der Waals surface area contributed by atoms with E-state index >= 15 is 0 Å². The van der Waals surface area contributed by atoms with Crippen molar-refractivity contribution in [3.8, 4) is 56.8 Å². The summed E-state index contributed by atoms with van der Waals surface area (Å²) in [5, 5.41) is 5.76. The molecular formula is C45H27N5S. The van der Waals surface area contributed by atoms with E-state index in [2.05, 4.69) is 158 Å². The second-order valence-corrected chi connectivity index (χ2v) is 13.6. The highest BCUT2D eigenvalue weighted by molar-refractivity contribution is 7.26. The molecule has 0 amide bonds. The molecule has 3 aromatic heterocycles. The van der Waals surface area contributed by atoms with Gasteiger partial charge >= 0.3 is 0 Å². The Balaban J connectivity index is 1.11. The molecule has 238 valence electrons. The normalized spacial score (nSPS) is 11.5. The molecule has 0 bridgehead atoms. The van der Waals surface area contributed by atoms with E-state index in [-0.39, 0.29) is 0 Å². The Morgan fingerprint density at radius 2 is 0.804 bits per heavy atom. The molecule has 0 aliphatic heterocycles. The third kappa shape index (κ3) is 5.30. The maximum Gasteiger partial charge on any atom is 0.164 e. The SMILES string of the molecule is c1ccc(-c2nc(-c3ccc(-c4nc(-c5ccc6ccccc6c5)nc(-c5ccc6ccccc6c5)n4)cc3)nc3c2sc2ccccc23)cc1. The van der Waals surface area contributed by atoms with Crippen molar-refractivity contribution in [2.45, 2.75) is 0 Å². The number of nitrogens with zero attached hydrogens (tertiary/aromatic N) is 5. The molecule has 0 aliphatic rings. The number of rotatable bonds is 5. The van der Waals surface area contributed by atoms with Crippen molar-refractivity contribution in [3.05, 3.63) is 164 Å². The molecule has 0 unspecified atom stereocenters. The lowest BCUT2D eigenvalue weighted by molar-refractivity contribution is 1.07. The van der Waals surface area contributed by atoms with Gasteiger partial charge in [-0.3, -0.25) is 0 Å². The van der Waals surface area contributed by atoms with Crippen molar-refractivity contribution in [2.24, 2.45) is 0 Å². The van der Waals surface area contributed by atoms with Gasteiger partial charge in [0, 0.05) is 37.9 Å². The Bertz CT molecular complexity index is 2820. The van der Waals surface area contributed by atoms with Gasteiger partial charge in [-0.15, -0.1) is 11.3 Å². The minimum atomic E-state index is 0.605.